The van der Waals surface area contributed by atoms with Crippen LogP contribution in [0.1, 0.15) is 10.4 Å². The van der Waals surface area contributed by atoms with Gasteiger partial charge in [0, 0.05) is 7.05 Å². The van der Waals surface area contributed by atoms with Crippen LogP contribution in [0.4, 0.5) is 10.1 Å². The van der Waals surface area contributed by atoms with Crippen LogP contribution < -0.4 is 0 Å². The van der Waals surface area contributed by atoms with Crippen LogP contribution in [0.25, 0.3) is 0 Å². The molecule has 9 nitrogen and oxygen atoms in total. The van der Waals surface area contributed by atoms with E-state index in [-0.39, 0.29) is 10.1 Å². The number of aromatic carboxylic acids is 1. The van der Waals surface area contributed by atoms with E-state index in [2.05, 4.69) is 15.5 Å². The van der Waals surface area contributed by atoms with E-state index in [1.807, 2.05) is 0 Å². The third kappa shape index (κ3) is 2.56. The molecule has 1 aromatic carbocycles. The summed E-state index contributed by atoms with van der Waals surface area (Å²) in [7, 11) is 1.52. The molecule has 0 unspecified atom stereocenters. The smallest absolute Gasteiger partial charge is 0.342 e. The largest absolute Gasteiger partial charge is 0.477 e. The Kier molecular flexibility index (Phi) is 3.61. The van der Waals surface area contributed by atoms with E-state index in [1.54, 1.807) is 0 Å². The topological polar surface area (TPSA) is 124 Å². The molecule has 0 aliphatic carbocycles. The molecular formula is C9H6FN5O4S. The molecular weight excluding hydrogens is 293 g/mol. The summed E-state index contributed by atoms with van der Waals surface area (Å²) in [6.45, 7) is 0. The van der Waals surface area contributed by atoms with E-state index in [0.717, 1.165) is 17.8 Å². The van der Waals surface area contributed by atoms with Crippen molar-refractivity contribution in [2.45, 2.75) is 10.1 Å². The lowest BCUT2D eigenvalue weighted by atomic mass is 10.2. The number of hydrogen-bond donors (Lipinski definition) is 1. The summed E-state index contributed by atoms with van der Waals surface area (Å²) < 4.78 is 15.0. The molecule has 2 rings (SSSR count). The van der Waals surface area contributed by atoms with Crippen molar-refractivity contribution in [3.63, 3.8) is 0 Å². The van der Waals surface area contributed by atoms with E-state index in [0.29, 0.717) is 6.07 Å². The number of benzene rings is 1. The number of carboxylic acids is 1. The molecule has 0 radical (unpaired) electrons. The average molecular weight is 299 g/mol. The molecule has 2 aromatic rings. The zero-order chi connectivity index (χ0) is 14.9. The van der Waals surface area contributed by atoms with Gasteiger partial charge in [-0.25, -0.2) is 13.9 Å². The summed E-state index contributed by atoms with van der Waals surface area (Å²) in [6, 6.07) is 1.45. The molecule has 0 spiro atoms. The number of carbonyl (C=O) groups is 1. The van der Waals surface area contributed by atoms with E-state index >= 15 is 0 Å². The van der Waals surface area contributed by atoms with E-state index in [9.17, 15) is 19.3 Å². The molecule has 11 heteroatoms. The van der Waals surface area contributed by atoms with Gasteiger partial charge in [-0.3, -0.25) is 10.1 Å². The number of aryl methyl sites for hydroxylation is 1. The number of nitro groups is 1. The first-order valence-electron chi connectivity index (χ1n) is 5.01. The number of rotatable bonds is 4. The van der Waals surface area contributed by atoms with Crippen molar-refractivity contribution in [2.24, 2.45) is 7.05 Å². The van der Waals surface area contributed by atoms with Gasteiger partial charge in [0.1, 0.15) is 11.4 Å². The fourth-order valence-corrected chi connectivity index (χ4v) is 2.13. The fourth-order valence-electron chi connectivity index (χ4n) is 1.35. The summed E-state index contributed by atoms with van der Waals surface area (Å²) in [5.74, 6) is -2.44. The SMILES string of the molecule is Cn1nnnc1Sc1cc(C(=O)O)c([N+](=O)[O-])cc1F. The van der Waals surface area contributed by atoms with Crippen LogP contribution in [0.2, 0.25) is 0 Å². The Labute approximate surface area is 114 Å². The first-order valence-corrected chi connectivity index (χ1v) is 5.83. The Morgan fingerprint density at radius 3 is 2.75 bits per heavy atom. The highest BCUT2D eigenvalue weighted by molar-refractivity contribution is 7.99. The minimum Gasteiger partial charge on any atom is -0.477 e. The summed E-state index contributed by atoms with van der Waals surface area (Å²) in [5, 5.41) is 30.3. The van der Waals surface area contributed by atoms with Crippen LogP contribution in [-0.2, 0) is 7.05 Å². The first kappa shape index (κ1) is 13.9. The molecule has 1 N–H and O–H groups in total. The number of hydrogen-bond acceptors (Lipinski definition) is 7. The fraction of sp³-hybridized carbons (Fsp3) is 0.111. The van der Waals surface area contributed by atoms with Gasteiger partial charge in [-0.15, -0.1) is 5.10 Å². The number of tetrazole rings is 1. The standard InChI is InChI=1S/C9H6FN5O4S/c1-14-9(11-12-13-14)20-7-2-4(8(16)17)6(15(18)19)3-5(7)10/h2-3H,1H3,(H,16,17). The second-order valence-electron chi connectivity index (χ2n) is 3.55. The molecule has 0 atom stereocenters. The lowest BCUT2D eigenvalue weighted by Gasteiger charge is -2.04. The highest BCUT2D eigenvalue weighted by atomic mass is 32.2. The first-order chi connectivity index (χ1) is 9.40. The zero-order valence-electron chi connectivity index (χ0n) is 9.85. The number of nitrogens with zero attached hydrogens (tertiary/aromatic N) is 5. The normalized spacial score (nSPS) is 10.5. The maximum Gasteiger partial charge on any atom is 0.342 e. The Morgan fingerprint density at radius 2 is 2.25 bits per heavy atom. The highest BCUT2D eigenvalue weighted by Crippen LogP contribution is 2.32. The van der Waals surface area contributed by atoms with Crippen molar-refractivity contribution >= 4 is 23.4 Å². The van der Waals surface area contributed by atoms with Crippen LogP contribution in [0.3, 0.4) is 0 Å². The van der Waals surface area contributed by atoms with Gasteiger partial charge in [0.15, 0.2) is 0 Å². The molecule has 104 valence electrons. The maximum absolute atomic E-state index is 13.8. The van der Waals surface area contributed by atoms with Crippen LogP contribution in [0, 0.1) is 15.9 Å². The number of aromatic nitrogens is 4. The van der Waals surface area contributed by atoms with Crippen LogP contribution in [0.15, 0.2) is 22.2 Å². The molecule has 1 aromatic heterocycles. The molecule has 0 aliphatic rings. The summed E-state index contributed by atoms with van der Waals surface area (Å²) >= 11 is 0.765. The number of nitro benzene ring substituents is 1. The van der Waals surface area contributed by atoms with Crippen LogP contribution in [0.5, 0.6) is 0 Å². The van der Waals surface area contributed by atoms with E-state index < -0.39 is 28.0 Å². The minimum atomic E-state index is -1.52. The second-order valence-corrected chi connectivity index (χ2v) is 4.56. The van der Waals surface area contributed by atoms with Crippen molar-refractivity contribution in [3.8, 4) is 0 Å². The van der Waals surface area contributed by atoms with Crippen molar-refractivity contribution in [1.82, 2.24) is 20.2 Å². The minimum absolute atomic E-state index is 0.120. The summed E-state index contributed by atoms with van der Waals surface area (Å²) in [5.41, 5.74) is -1.41. The third-order valence-electron chi connectivity index (χ3n) is 2.26. The number of halogens is 1. The average Bonchev–Trinajstić information content (AvgIpc) is 2.76. The van der Waals surface area contributed by atoms with Gasteiger partial charge in [0.25, 0.3) is 5.69 Å². The quantitative estimate of drug-likeness (QED) is 0.657. The molecule has 0 saturated carbocycles. The third-order valence-corrected chi connectivity index (χ3v) is 3.32. The van der Waals surface area contributed by atoms with Crippen molar-refractivity contribution < 1.29 is 19.2 Å². The summed E-state index contributed by atoms with van der Waals surface area (Å²) in [6.07, 6.45) is 0. The van der Waals surface area contributed by atoms with Crippen LogP contribution in [-0.4, -0.2) is 36.2 Å². The lowest BCUT2D eigenvalue weighted by Crippen LogP contribution is -2.04. The molecule has 20 heavy (non-hydrogen) atoms. The predicted octanol–water partition coefficient (Wildman–Crippen LogP) is 1.11. The van der Waals surface area contributed by atoms with Crippen molar-refractivity contribution in [1.29, 1.82) is 0 Å². The number of carboxylic acid groups (broad SMARTS) is 1. The molecule has 0 aliphatic heterocycles. The predicted molar refractivity (Wildman–Crippen MR) is 62.9 cm³/mol. The zero-order valence-corrected chi connectivity index (χ0v) is 10.7. The van der Waals surface area contributed by atoms with Gasteiger partial charge >= 0.3 is 5.97 Å². The van der Waals surface area contributed by atoms with Gasteiger partial charge in [-0.1, -0.05) is 0 Å². The second kappa shape index (κ2) is 5.21. The Balaban J connectivity index is 2.50. The van der Waals surface area contributed by atoms with Gasteiger partial charge in [-0.05, 0) is 28.3 Å². The van der Waals surface area contributed by atoms with Gasteiger partial charge < -0.3 is 5.11 Å². The summed E-state index contributed by atoms with van der Waals surface area (Å²) in [4.78, 5) is 20.6. The Morgan fingerprint density at radius 1 is 1.55 bits per heavy atom. The molecule has 0 saturated heterocycles. The molecule has 1 heterocycles. The maximum atomic E-state index is 13.8. The van der Waals surface area contributed by atoms with Crippen molar-refractivity contribution in [3.05, 3.63) is 33.6 Å². The molecule has 0 amide bonds. The van der Waals surface area contributed by atoms with E-state index in [1.165, 1.54) is 11.7 Å². The molecule has 0 fully saturated rings. The van der Waals surface area contributed by atoms with Crippen molar-refractivity contribution in [2.75, 3.05) is 0 Å². The van der Waals surface area contributed by atoms with E-state index in [4.69, 9.17) is 5.11 Å². The van der Waals surface area contributed by atoms with Crippen LogP contribution >= 0.6 is 11.8 Å². The monoisotopic (exact) mass is 299 g/mol. The highest BCUT2D eigenvalue weighted by Gasteiger charge is 2.24. The van der Waals surface area contributed by atoms with Gasteiger partial charge in [0.2, 0.25) is 5.16 Å². The Bertz CT molecular complexity index is 704. The Hall–Kier alpha value is -2.56. The lowest BCUT2D eigenvalue weighted by molar-refractivity contribution is -0.385. The van der Waals surface area contributed by atoms with Gasteiger partial charge in [0.05, 0.1) is 15.9 Å². The van der Waals surface area contributed by atoms with Gasteiger partial charge in [-0.2, -0.15) is 0 Å². The molecule has 0 bridgehead atoms.